The summed E-state index contributed by atoms with van der Waals surface area (Å²) < 4.78 is 1.09. The van der Waals surface area contributed by atoms with Gasteiger partial charge in [-0.2, -0.15) is 5.26 Å². The number of amides is 1. The summed E-state index contributed by atoms with van der Waals surface area (Å²) in [6.07, 6.45) is 9.26. The second-order valence-electron chi connectivity index (χ2n) is 5.54. The molecule has 2 aromatic rings. The van der Waals surface area contributed by atoms with Gasteiger partial charge >= 0.3 is 0 Å². The summed E-state index contributed by atoms with van der Waals surface area (Å²) in [4.78, 5) is 25.0. The Morgan fingerprint density at radius 1 is 1.35 bits per heavy atom. The van der Waals surface area contributed by atoms with Gasteiger partial charge in [0.1, 0.15) is 0 Å². The predicted molar refractivity (Wildman–Crippen MR) is 83.2 cm³/mol. The van der Waals surface area contributed by atoms with Crippen molar-refractivity contribution in [2.75, 3.05) is 0 Å². The van der Waals surface area contributed by atoms with Gasteiger partial charge in [-0.1, -0.05) is 0 Å². The van der Waals surface area contributed by atoms with Crippen LogP contribution in [-0.4, -0.2) is 25.3 Å². The van der Waals surface area contributed by atoms with Crippen LogP contribution in [0.3, 0.4) is 0 Å². The third kappa shape index (κ3) is 2.76. The predicted octanol–water partition coefficient (Wildman–Crippen LogP) is 2.78. The third-order valence-electron chi connectivity index (χ3n) is 4.08. The van der Waals surface area contributed by atoms with Crippen molar-refractivity contribution in [1.29, 1.82) is 5.26 Å². The fourth-order valence-electron chi connectivity index (χ4n) is 2.46. The summed E-state index contributed by atoms with van der Waals surface area (Å²) in [6, 6.07) is 3.44. The van der Waals surface area contributed by atoms with E-state index >= 15 is 0 Å². The Bertz CT molecular complexity index is 770. The molecule has 6 nitrogen and oxygen atoms in total. The summed E-state index contributed by atoms with van der Waals surface area (Å²) in [5, 5.41) is 9.39. The molecule has 1 aliphatic rings. The van der Waals surface area contributed by atoms with Crippen LogP contribution in [0.15, 0.2) is 37.1 Å². The van der Waals surface area contributed by atoms with Crippen LogP contribution in [0.5, 0.6) is 0 Å². The fraction of sp³-hybridized carbons (Fsp3) is 0.312. The lowest BCUT2D eigenvalue weighted by atomic mass is 9.94. The van der Waals surface area contributed by atoms with Gasteiger partial charge in [0.2, 0.25) is 0 Å². The van der Waals surface area contributed by atoms with Crippen molar-refractivity contribution in [1.82, 2.24) is 19.4 Å². The third-order valence-corrected chi connectivity index (χ3v) is 4.52. The standard InChI is InChI=1S/C16H14ClN5O/c1-11(14-9-20-6-7-21-14)22(17)15(23)12-2-5-19-8-13(12)16(10-18)3-4-16/h2,5-9,11H,3-4H2,1H3. The number of hydrogen-bond acceptors (Lipinski definition) is 5. The zero-order valence-electron chi connectivity index (χ0n) is 12.5. The molecule has 2 heterocycles. The van der Waals surface area contributed by atoms with Crippen molar-refractivity contribution in [3.63, 3.8) is 0 Å². The highest BCUT2D eigenvalue weighted by Crippen LogP contribution is 2.48. The average Bonchev–Trinajstić information content (AvgIpc) is 3.42. The summed E-state index contributed by atoms with van der Waals surface area (Å²) in [5.74, 6) is -0.372. The smallest absolute Gasteiger partial charge is 0.268 e. The van der Waals surface area contributed by atoms with Gasteiger partial charge in [0, 0.05) is 47.7 Å². The van der Waals surface area contributed by atoms with Gasteiger partial charge in [0.25, 0.3) is 5.91 Å². The molecule has 0 aromatic carbocycles. The molecular formula is C16H14ClN5O. The molecule has 116 valence electrons. The topological polar surface area (TPSA) is 82.8 Å². The highest BCUT2D eigenvalue weighted by atomic mass is 35.5. The van der Waals surface area contributed by atoms with E-state index in [2.05, 4.69) is 21.0 Å². The molecule has 0 spiro atoms. The van der Waals surface area contributed by atoms with Crippen LogP contribution in [0.1, 0.15) is 47.4 Å². The lowest BCUT2D eigenvalue weighted by Gasteiger charge is -2.22. The second kappa shape index (κ2) is 5.94. The monoisotopic (exact) mass is 327 g/mol. The largest absolute Gasteiger partial charge is 0.269 e. The van der Waals surface area contributed by atoms with Crippen LogP contribution in [0.2, 0.25) is 0 Å². The van der Waals surface area contributed by atoms with Gasteiger partial charge in [0.15, 0.2) is 0 Å². The molecule has 0 aliphatic heterocycles. The number of halogens is 1. The molecule has 1 atom stereocenters. The summed E-state index contributed by atoms with van der Waals surface area (Å²) in [6.45, 7) is 1.77. The number of nitriles is 1. The Labute approximate surface area is 138 Å². The zero-order valence-corrected chi connectivity index (χ0v) is 13.2. The molecule has 2 aromatic heterocycles. The number of rotatable bonds is 4. The van der Waals surface area contributed by atoms with Crippen LogP contribution in [-0.2, 0) is 5.41 Å². The minimum Gasteiger partial charge on any atom is -0.268 e. The molecule has 0 bridgehead atoms. The van der Waals surface area contributed by atoms with Crippen LogP contribution >= 0.6 is 11.8 Å². The first kappa shape index (κ1) is 15.4. The van der Waals surface area contributed by atoms with Crippen molar-refractivity contribution in [3.05, 3.63) is 53.9 Å². The van der Waals surface area contributed by atoms with E-state index in [1.54, 1.807) is 37.8 Å². The van der Waals surface area contributed by atoms with Crippen molar-refractivity contribution in [2.24, 2.45) is 0 Å². The van der Waals surface area contributed by atoms with Crippen molar-refractivity contribution in [3.8, 4) is 6.07 Å². The molecule has 1 aliphatic carbocycles. The van der Waals surface area contributed by atoms with Gasteiger partial charge in [-0.15, -0.1) is 0 Å². The fourth-order valence-corrected chi connectivity index (χ4v) is 2.65. The van der Waals surface area contributed by atoms with E-state index in [9.17, 15) is 10.1 Å². The molecule has 0 saturated heterocycles. The summed E-state index contributed by atoms with van der Waals surface area (Å²) in [7, 11) is 0. The molecule has 0 radical (unpaired) electrons. The highest BCUT2D eigenvalue weighted by molar-refractivity contribution is 6.24. The summed E-state index contributed by atoms with van der Waals surface area (Å²) in [5.41, 5.74) is 1.04. The second-order valence-corrected chi connectivity index (χ2v) is 5.90. The number of carbonyl (C=O) groups is 1. The van der Waals surface area contributed by atoms with Crippen LogP contribution in [0.25, 0.3) is 0 Å². The molecule has 23 heavy (non-hydrogen) atoms. The Morgan fingerprint density at radius 3 is 2.70 bits per heavy atom. The van der Waals surface area contributed by atoms with Gasteiger partial charge in [-0.25, -0.2) is 4.42 Å². The number of carbonyl (C=O) groups excluding carboxylic acids is 1. The van der Waals surface area contributed by atoms with Gasteiger partial charge in [0.05, 0.1) is 29.4 Å². The highest BCUT2D eigenvalue weighted by Gasteiger charge is 2.47. The quantitative estimate of drug-likeness (QED) is 0.806. The number of nitrogens with zero attached hydrogens (tertiary/aromatic N) is 5. The van der Waals surface area contributed by atoms with Crippen molar-refractivity contribution < 1.29 is 4.79 Å². The molecule has 0 N–H and O–H groups in total. The van der Waals surface area contributed by atoms with Gasteiger partial charge in [-0.05, 0) is 25.8 Å². The molecular weight excluding hydrogens is 314 g/mol. The average molecular weight is 328 g/mol. The van der Waals surface area contributed by atoms with Crippen molar-refractivity contribution >= 4 is 17.7 Å². The maximum absolute atomic E-state index is 12.8. The molecule has 3 rings (SSSR count). The Hall–Kier alpha value is -2.52. The van der Waals surface area contributed by atoms with E-state index in [4.69, 9.17) is 11.8 Å². The Kier molecular flexibility index (Phi) is 3.97. The Morgan fingerprint density at radius 2 is 2.09 bits per heavy atom. The van der Waals surface area contributed by atoms with Crippen molar-refractivity contribution in [2.45, 2.75) is 31.2 Å². The lowest BCUT2D eigenvalue weighted by Crippen LogP contribution is -2.27. The first-order valence-electron chi connectivity index (χ1n) is 7.20. The summed E-state index contributed by atoms with van der Waals surface area (Å²) >= 11 is 6.25. The molecule has 1 fully saturated rings. The maximum atomic E-state index is 12.8. The van der Waals surface area contributed by atoms with E-state index in [0.717, 1.165) is 17.3 Å². The number of pyridine rings is 1. The van der Waals surface area contributed by atoms with Gasteiger partial charge < -0.3 is 0 Å². The van der Waals surface area contributed by atoms with Crippen LogP contribution < -0.4 is 0 Å². The normalized spacial score (nSPS) is 16.2. The minimum absolute atomic E-state index is 0.372. The first-order valence-corrected chi connectivity index (χ1v) is 7.54. The number of aromatic nitrogens is 3. The van der Waals surface area contributed by atoms with E-state index in [0.29, 0.717) is 16.8 Å². The minimum atomic E-state index is -0.604. The maximum Gasteiger partial charge on any atom is 0.269 e. The number of hydrogen-bond donors (Lipinski definition) is 0. The lowest BCUT2D eigenvalue weighted by molar-refractivity contribution is 0.0827. The van der Waals surface area contributed by atoms with E-state index < -0.39 is 11.5 Å². The first-order chi connectivity index (χ1) is 11.1. The van der Waals surface area contributed by atoms with Gasteiger partial charge in [-0.3, -0.25) is 19.7 Å². The van der Waals surface area contributed by atoms with E-state index in [1.807, 2.05) is 0 Å². The van der Waals surface area contributed by atoms with E-state index in [-0.39, 0.29) is 5.91 Å². The molecule has 1 unspecified atom stereocenters. The SMILES string of the molecule is CC(c1cnccn1)N(Cl)C(=O)c1ccncc1C1(C#N)CC1. The van der Waals surface area contributed by atoms with E-state index in [1.165, 1.54) is 6.20 Å². The molecule has 1 saturated carbocycles. The van der Waals surface area contributed by atoms with Crippen LogP contribution in [0, 0.1) is 11.3 Å². The molecule has 7 heteroatoms. The van der Waals surface area contributed by atoms with Crippen LogP contribution in [0.4, 0.5) is 0 Å². The Balaban J connectivity index is 1.91. The molecule has 1 amide bonds. The zero-order chi connectivity index (χ0) is 16.4.